The van der Waals surface area contributed by atoms with Crippen LogP contribution in [0.2, 0.25) is 0 Å². The minimum atomic E-state index is 1.03. The summed E-state index contributed by atoms with van der Waals surface area (Å²) in [6, 6.07) is 21.5. The molecule has 0 aliphatic rings. The van der Waals surface area contributed by atoms with Crippen LogP contribution in [0.15, 0.2) is 71.4 Å². The van der Waals surface area contributed by atoms with Crippen LogP contribution < -0.4 is 0 Å². The molecule has 2 aromatic carbocycles. The molecule has 0 bridgehead atoms. The van der Waals surface area contributed by atoms with Gasteiger partial charge in [-0.05, 0) is 45.5 Å². The molecule has 0 N–H and O–H groups in total. The van der Waals surface area contributed by atoms with Crippen LogP contribution in [0, 0.1) is 0 Å². The van der Waals surface area contributed by atoms with Crippen LogP contribution in [0.4, 0.5) is 0 Å². The monoisotopic (exact) mass is 250 g/mol. The predicted octanol–water partition coefficient (Wildman–Crippen LogP) is 5.01. The smallest absolute Gasteiger partial charge is 0.00175 e. The van der Waals surface area contributed by atoms with Crippen molar-refractivity contribution in [1.82, 2.24) is 0 Å². The molecule has 3 rings (SSSR count). The largest absolute Gasteiger partial charge is 0.152 e. The summed E-state index contributed by atoms with van der Waals surface area (Å²) < 4.78 is 0. The molecular weight excluding hydrogens is 236 g/mol. The fourth-order valence-corrected chi connectivity index (χ4v) is 2.74. The maximum absolute atomic E-state index is 2.22. The van der Waals surface area contributed by atoms with E-state index in [4.69, 9.17) is 0 Å². The van der Waals surface area contributed by atoms with E-state index >= 15 is 0 Å². The van der Waals surface area contributed by atoms with Gasteiger partial charge in [0.15, 0.2) is 0 Å². The van der Waals surface area contributed by atoms with Crippen molar-refractivity contribution < 1.29 is 0 Å². The summed E-state index contributed by atoms with van der Waals surface area (Å²) in [5, 5.41) is 4.35. The molecule has 0 aliphatic carbocycles. The van der Waals surface area contributed by atoms with E-state index in [9.17, 15) is 0 Å². The van der Waals surface area contributed by atoms with E-state index in [1.54, 1.807) is 11.3 Å². The standard InChI is InChI=1S/C17H14S/c1-2-4-16(5-3-1)17-8-6-14(7-9-17)12-15-10-11-18-13-15/h1-11,13H,12H2. The summed E-state index contributed by atoms with van der Waals surface area (Å²) >= 11 is 1.76. The van der Waals surface area contributed by atoms with E-state index in [2.05, 4.69) is 71.4 Å². The first kappa shape index (κ1) is 11.2. The van der Waals surface area contributed by atoms with Crippen LogP contribution in [0.1, 0.15) is 11.1 Å². The van der Waals surface area contributed by atoms with Crippen molar-refractivity contribution in [2.24, 2.45) is 0 Å². The van der Waals surface area contributed by atoms with Gasteiger partial charge in [0.25, 0.3) is 0 Å². The van der Waals surface area contributed by atoms with E-state index < -0.39 is 0 Å². The predicted molar refractivity (Wildman–Crippen MR) is 79.0 cm³/mol. The number of rotatable bonds is 3. The Morgan fingerprint density at radius 3 is 2.06 bits per heavy atom. The van der Waals surface area contributed by atoms with Crippen LogP contribution in [-0.2, 0) is 6.42 Å². The third-order valence-corrected chi connectivity index (χ3v) is 3.78. The van der Waals surface area contributed by atoms with Gasteiger partial charge in [0, 0.05) is 0 Å². The number of benzene rings is 2. The van der Waals surface area contributed by atoms with Crippen LogP contribution in [-0.4, -0.2) is 0 Å². The summed E-state index contributed by atoms with van der Waals surface area (Å²) in [5.41, 5.74) is 5.32. The Kier molecular flexibility index (Phi) is 3.24. The molecule has 0 saturated carbocycles. The van der Waals surface area contributed by atoms with E-state index in [0.29, 0.717) is 0 Å². The second-order valence-corrected chi connectivity index (χ2v) is 5.15. The lowest BCUT2D eigenvalue weighted by atomic mass is 10.0. The Labute approximate surface area is 112 Å². The Hall–Kier alpha value is -1.86. The second-order valence-electron chi connectivity index (χ2n) is 4.37. The van der Waals surface area contributed by atoms with E-state index in [0.717, 1.165) is 6.42 Å². The molecule has 0 aliphatic heterocycles. The van der Waals surface area contributed by atoms with Gasteiger partial charge in [-0.3, -0.25) is 0 Å². The quantitative estimate of drug-likeness (QED) is 0.613. The van der Waals surface area contributed by atoms with Crippen LogP contribution in [0.25, 0.3) is 11.1 Å². The minimum Gasteiger partial charge on any atom is -0.152 e. The lowest BCUT2D eigenvalue weighted by Crippen LogP contribution is -1.85. The number of hydrogen-bond donors (Lipinski definition) is 0. The Morgan fingerprint density at radius 2 is 1.39 bits per heavy atom. The van der Waals surface area contributed by atoms with E-state index in [1.165, 1.54) is 22.3 Å². The third-order valence-electron chi connectivity index (χ3n) is 3.05. The van der Waals surface area contributed by atoms with Crippen molar-refractivity contribution in [2.75, 3.05) is 0 Å². The summed E-state index contributed by atoms with van der Waals surface area (Å²) in [5.74, 6) is 0. The van der Waals surface area contributed by atoms with Gasteiger partial charge in [0.05, 0.1) is 0 Å². The van der Waals surface area contributed by atoms with Crippen molar-refractivity contribution in [3.63, 3.8) is 0 Å². The zero-order valence-corrected chi connectivity index (χ0v) is 10.9. The zero-order valence-electron chi connectivity index (χ0n) is 10.0. The molecule has 88 valence electrons. The highest BCUT2D eigenvalue weighted by Crippen LogP contribution is 2.20. The van der Waals surface area contributed by atoms with Gasteiger partial charge in [0.1, 0.15) is 0 Å². The lowest BCUT2D eigenvalue weighted by Gasteiger charge is -2.03. The Morgan fingerprint density at radius 1 is 0.667 bits per heavy atom. The molecule has 3 aromatic rings. The average molecular weight is 250 g/mol. The molecule has 0 nitrogen and oxygen atoms in total. The maximum atomic E-state index is 2.22. The average Bonchev–Trinajstić information content (AvgIpc) is 2.94. The molecule has 0 spiro atoms. The SMILES string of the molecule is c1ccc(-c2ccc(Cc3ccsc3)cc2)cc1. The Balaban J connectivity index is 1.81. The van der Waals surface area contributed by atoms with Gasteiger partial charge in [0.2, 0.25) is 0 Å². The maximum Gasteiger partial charge on any atom is -0.00175 e. The van der Waals surface area contributed by atoms with Gasteiger partial charge in [-0.1, -0.05) is 54.6 Å². The van der Waals surface area contributed by atoms with Gasteiger partial charge in [-0.2, -0.15) is 11.3 Å². The van der Waals surface area contributed by atoms with Gasteiger partial charge in [-0.25, -0.2) is 0 Å². The Bertz CT molecular complexity index is 592. The minimum absolute atomic E-state index is 1.03. The highest BCUT2D eigenvalue weighted by molar-refractivity contribution is 7.07. The molecular formula is C17H14S. The molecule has 0 saturated heterocycles. The van der Waals surface area contributed by atoms with Gasteiger partial charge >= 0.3 is 0 Å². The van der Waals surface area contributed by atoms with Crippen molar-refractivity contribution in [2.45, 2.75) is 6.42 Å². The summed E-state index contributed by atoms with van der Waals surface area (Å²) in [6.07, 6.45) is 1.03. The van der Waals surface area contributed by atoms with Crippen LogP contribution >= 0.6 is 11.3 Å². The molecule has 18 heavy (non-hydrogen) atoms. The van der Waals surface area contributed by atoms with E-state index in [1.807, 2.05) is 0 Å². The highest BCUT2D eigenvalue weighted by Gasteiger charge is 1.99. The lowest BCUT2D eigenvalue weighted by molar-refractivity contribution is 1.21. The van der Waals surface area contributed by atoms with Crippen LogP contribution in [0.3, 0.4) is 0 Å². The molecule has 0 fully saturated rings. The summed E-state index contributed by atoms with van der Waals surface area (Å²) in [6.45, 7) is 0. The number of thiophene rings is 1. The molecule has 1 heterocycles. The fourth-order valence-electron chi connectivity index (χ4n) is 2.07. The summed E-state index contributed by atoms with van der Waals surface area (Å²) in [4.78, 5) is 0. The van der Waals surface area contributed by atoms with Crippen molar-refractivity contribution in [3.05, 3.63) is 82.6 Å². The molecule has 0 radical (unpaired) electrons. The van der Waals surface area contributed by atoms with Gasteiger partial charge < -0.3 is 0 Å². The molecule has 1 aromatic heterocycles. The first-order chi connectivity index (χ1) is 8.92. The fraction of sp³-hybridized carbons (Fsp3) is 0.0588. The first-order valence-corrected chi connectivity index (χ1v) is 7.01. The molecule has 0 unspecified atom stereocenters. The third kappa shape index (κ3) is 2.52. The molecule has 0 atom stereocenters. The normalized spacial score (nSPS) is 10.4. The number of hydrogen-bond acceptors (Lipinski definition) is 1. The highest BCUT2D eigenvalue weighted by atomic mass is 32.1. The second kappa shape index (κ2) is 5.19. The summed E-state index contributed by atoms with van der Waals surface area (Å²) in [7, 11) is 0. The topological polar surface area (TPSA) is 0 Å². The van der Waals surface area contributed by atoms with E-state index in [-0.39, 0.29) is 0 Å². The molecule has 0 amide bonds. The molecule has 1 heteroatoms. The van der Waals surface area contributed by atoms with Crippen molar-refractivity contribution in [1.29, 1.82) is 0 Å². The van der Waals surface area contributed by atoms with Crippen molar-refractivity contribution >= 4 is 11.3 Å². The van der Waals surface area contributed by atoms with Crippen molar-refractivity contribution in [3.8, 4) is 11.1 Å². The first-order valence-electron chi connectivity index (χ1n) is 6.07. The zero-order chi connectivity index (χ0) is 12.2. The van der Waals surface area contributed by atoms with Crippen LogP contribution in [0.5, 0.6) is 0 Å². The van der Waals surface area contributed by atoms with Gasteiger partial charge in [-0.15, -0.1) is 0 Å².